The Morgan fingerprint density at radius 1 is 0.893 bits per heavy atom. The second kappa shape index (κ2) is 8.02. The first-order chi connectivity index (χ1) is 13.7. The van der Waals surface area contributed by atoms with Crippen LogP contribution in [0.25, 0.3) is 22.3 Å². The largest absolute Gasteiger partial charge is 0.357 e. The molecule has 0 saturated carbocycles. The van der Waals surface area contributed by atoms with Gasteiger partial charge in [0, 0.05) is 12.1 Å². The molecular weight excluding hydrogens is 368 g/mol. The molecule has 0 aliphatic rings. The predicted octanol–water partition coefficient (Wildman–Crippen LogP) is 3.68. The number of benzene rings is 3. The average molecular weight is 386 g/mol. The van der Waals surface area contributed by atoms with Gasteiger partial charge in [0.05, 0.1) is 10.9 Å². The summed E-state index contributed by atoms with van der Waals surface area (Å²) in [7, 11) is 0. The summed E-state index contributed by atoms with van der Waals surface area (Å²) in [4.78, 5) is 17.8. The number of hydrogen-bond donors (Lipinski definition) is 2. The van der Waals surface area contributed by atoms with Crippen molar-refractivity contribution in [3.63, 3.8) is 0 Å². The number of nitrogens with one attached hydrogen (secondary N) is 2. The molecule has 0 saturated heterocycles. The summed E-state index contributed by atoms with van der Waals surface area (Å²) in [5, 5.41) is 4.01. The minimum atomic E-state index is -0.201. The summed E-state index contributed by atoms with van der Waals surface area (Å²) in [5.74, 6) is 0.508. The zero-order valence-electron chi connectivity index (χ0n) is 15.0. The number of hydrogen-bond acceptors (Lipinski definition) is 3. The van der Waals surface area contributed by atoms with Gasteiger partial charge in [-0.3, -0.25) is 10.2 Å². The van der Waals surface area contributed by atoms with E-state index in [1.165, 1.54) is 4.68 Å². The summed E-state index contributed by atoms with van der Waals surface area (Å²) in [6, 6.07) is 26.8. The third-order valence-electron chi connectivity index (χ3n) is 4.32. The fraction of sp³-hybridized carbons (Fsp3) is 0.0455. The number of rotatable bonds is 4. The minimum absolute atomic E-state index is 0.201. The van der Waals surface area contributed by atoms with Crippen molar-refractivity contribution in [2.24, 2.45) is 0 Å². The summed E-state index contributed by atoms with van der Waals surface area (Å²) in [6.45, 7) is 0.559. The van der Waals surface area contributed by atoms with Gasteiger partial charge in [-0.05, 0) is 29.9 Å². The molecule has 0 aliphatic heterocycles. The molecule has 0 atom stereocenters. The van der Waals surface area contributed by atoms with Crippen molar-refractivity contribution in [2.45, 2.75) is 6.54 Å². The SMILES string of the molecule is O=c1c2ccccc2nc(-c2ccccc2)n1NC(=S)NCc1ccccc1. The maximum absolute atomic E-state index is 13.1. The van der Waals surface area contributed by atoms with Crippen LogP contribution in [0.3, 0.4) is 0 Å². The highest BCUT2D eigenvalue weighted by molar-refractivity contribution is 7.80. The molecular formula is C22H18N4OS. The lowest BCUT2D eigenvalue weighted by Gasteiger charge is -2.17. The van der Waals surface area contributed by atoms with Crippen molar-refractivity contribution in [3.8, 4) is 11.4 Å². The van der Waals surface area contributed by atoms with E-state index in [1.54, 1.807) is 6.07 Å². The Morgan fingerprint density at radius 2 is 1.54 bits per heavy atom. The van der Waals surface area contributed by atoms with Crippen molar-refractivity contribution in [3.05, 3.63) is 101 Å². The molecule has 0 fully saturated rings. The zero-order valence-corrected chi connectivity index (χ0v) is 15.8. The topological polar surface area (TPSA) is 59.0 Å². The first-order valence-electron chi connectivity index (χ1n) is 8.88. The molecule has 0 bridgehead atoms. The van der Waals surface area contributed by atoms with Crippen molar-refractivity contribution < 1.29 is 0 Å². The zero-order chi connectivity index (χ0) is 19.3. The highest BCUT2D eigenvalue weighted by Gasteiger charge is 2.13. The highest BCUT2D eigenvalue weighted by Crippen LogP contribution is 2.17. The van der Waals surface area contributed by atoms with Crippen LogP contribution in [0.15, 0.2) is 89.7 Å². The number of thiocarbonyl (C=S) groups is 1. The molecule has 3 aromatic carbocycles. The van der Waals surface area contributed by atoms with Crippen molar-refractivity contribution in [1.29, 1.82) is 0 Å². The van der Waals surface area contributed by atoms with Gasteiger partial charge >= 0.3 is 0 Å². The van der Waals surface area contributed by atoms with Crippen LogP contribution < -0.4 is 16.3 Å². The van der Waals surface area contributed by atoms with E-state index in [-0.39, 0.29) is 5.56 Å². The van der Waals surface area contributed by atoms with Gasteiger partial charge in [-0.25, -0.2) is 4.98 Å². The van der Waals surface area contributed by atoms with Gasteiger partial charge in [-0.2, -0.15) is 4.68 Å². The molecule has 1 aromatic heterocycles. The number of nitrogens with zero attached hydrogens (tertiary/aromatic N) is 2. The molecule has 4 rings (SSSR count). The monoisotopic (exact) mass is 386 g/mol. The molecule has 2 N–H and O–H groups in total. The molecule has 0 aliphatic carbocycles. The summed E-state index contributed by atoms with van der Waals surface area (Å²) < 4.78 is 1.40. The van der Waals surface area contributed by atoms with E-state index >= 15 is 0 Å². The Bertz CT molecular complexity index is 1170. The maximum atomic E-state index is 13.1. The van der Waals surface area contributed by atoms with Crippen LogP contribution in [0.4, 0.5) is 0 Å². The Labute approximate surface area is 167 Å². The van der Waals surface area contributed by atoms with Crippen LogP contribution >= 0.6 is 12.2 Å². The van der Waals surface area contributed by atoms with Crippen LogP contribution in [-0.2, 0) is 6.54 Å². The van der Waals surface area contributed by atoms with Gasteiger partial charge < -0.3 is 5.32 Å². The van der Waals surface area contributed by atoms with E-state index in [2.05, 4.69) is 10.7 Å². The van der Waals surface area contributed by atoms with E-state index < -0.39 is 0 Å². The third kappa shape index (κ3) is 3.77. The first kappa shape index (κ1) is 17.9. The molecule has 138 valence electrons. The lowest BCUT2D eigenvalue weighted by molar-refractivity contribution is 0.860. The second-order valence-electron chi connectivity index (χ2n) is 6.24. The Kier molecular flexibility index (Phi) is 5.12. The standard InChI is InChI=1S/C22H18N4OS/c27-21-18-13-7-8-14-19(18)24-20(17-11-5-2-6-12-17)26(21)25-22(28)23-15-16-9-3-1-4-10-16/h1-14H,15H2,(H2,23,25,28). The van der Waals surface area contributed by atoms with Gasteiger partial charge in [0.2, 0.25) is 0 Å². The first-order valence-corrected chi connectivity index (χ1v) is 9.29. The van der Waals surface area contributed by atoms with E-state index in [9.17, 15) is 4.79 Å². The predicted molar refractivity (Wildman–Crippen MR) is 117 cm³/mol. The van der Waals surface area contributed by atoms with Crippen LogP contribution in [0, 0.1) is 0 Å². The van der Waals surface area contributed by atoms with E-state index in [0.29, 0.717) is 28.4 Å². The van der Waals surface area contributed by atoms with Crippen molar-refractivity contribution >= 4 is 28.2 Å². The van der Waals surface area contributed by atoms with E-state index in [0.717, 1.165) is 11.1 Å². The van der Waals surface area contributed by atoms with Crippen molar-refractivity contribution in [1.82, 2.24) is 15.0 Å². The molecule has 1 heterocycles. The van der Waals surface area contributed by atoms with Crippen LogP contribution in [0.2, 0.25) is 0 Å². The highest BCUT2D eigenvalue weighted by atomic mass is 32.1. The van der Waals surface area contributed by atoms with Crippen LogP contribution in [0.5, 0.6) is 0 Å². The van der Waals surface area contributed by atoms with Gasteiger partial charge in [0.1, 0.15) is 0 Å². The molecule has 28 heavy (non-hydrogen) atoms. The summed E-state index contributed by atoms with van der Waals surface area (Å²) in [5.41, 5.74) is 5.37. The van der Waals surface area contributed by atoms with Gasteiger partial charge in [-0.15, -0.1) is 0 Å². The Morgan fingerprint density at radius 3 is 2.29 bits per heavy atom. The number of fused-ring (bicyclic) bond motifs is 1. The Balaban J connectivity index is 1.69. The summed E-state index contributed by atoms with van der Waals surface area (Å²) in [6.07, 6.45) is 0. The fourth-order valence-corrected chi connectivity index (χ4v) is 3.10. The quantitative estimate of drug-likeness (QED) is 0.524. The number of para-hydroxylation sites is 1. The minimum Gasteiger partial charge on any atom is -0.357 e. The van der Waals surface area contributed by atoms with Crippen LogP contribution in [-0.4, -0.2) is 14.8 Å². The normalized spacial score (nSPS) is 10.6. The fourth-order valence-electron chi connectivity index (χ4n) is 2.94. The van der Waals surface area contributed by atoms with Gasteiger partial charge in [0.15, 0.2) is 10.9 Å². The number of aromatic nitrogens is 2. The molecule has 0 spiro atoms. The summed E-state index contributed by atoms with van der Waals surface area (Å²) >= 11 is 5.42. The molecule has 5 nitrogen and oxygen atoms in total. The lowest BCUT2D eigenvalue weighted by Crippen LogP contribution is -2.40. The van der Waals surface area contributed by atoms with E-state index in [4.69, 9.17) is 17.2 Å². The molecule has 0 unspecified atom stereocenters. The average Bonchev–Trinajstić information content (AvgIpc) is 2.75. The van der Waals surface area contributed by atoms with Crippen molar-refractivity contribution in [2.75, 3.05) is 5.43 Å². The van der Waals surface area contributed by atoms with Crippen LogP contribution in [0.1, 0.15) is 5.56 Å². The van der Waals surface area contributed by atoms with E-state index in [1.807, 2.05) is 78.9 Å². The second-order valence-corrected chi connectivity index (χ2v) is 6.65. The van der Waals surface area contributed by atoms with Gasteiger partial charge in [0.25, 0.3) is 5.56 Å². The molecule has 6 heteroatoms. The third-order valence-corrected chi connectivity index (χ3v) is 4.55. The molecule has 4 aromatic rings. The molecule has 0 amide bonds. The Hall–Kier alpha value is -3.51. The smallest absolute Gasteiger partial charge is 0.280 e. The molecule has 0 radical (unpaired) electrons. The maximum Gasteiger partial charge on any atom is 0.280 e. The lowest BCUT2D eigenvalue weighted by atomic mass is 10.2. The van der Waals surface area contributed by atoms with Gasteiger partial charge in [-0.1, -0.05) is 72.8 Å².